The van der Waals surface area contributed by atoms with E-state index in [1.165, 1.54) is 4.90 Å². The number of nitrogens with zero attached hydrogens (tertiary/aromatic N) is 4. The summed E-state index contributed by atoms with van der Waals surface area (Å²) in [5, 5.41) is 16.6. The Morgan fingerprint density at radius 2 is 1.76 bits per heavy atom. The molecule has 1 atom stereocenters. The van der Waals surface area contributed by atoms with Crippen molar-refractivity contribution in [3.63, 3.8) is 0 Å². The molecule has 1 aliphatic rings. The molecule has 194 valence electrons. The smallest absolute Gasteiger partial charge is 0.326 e. The van der Waals surface area contributed by atoms with E-state index in [1.807, 2.05) is 12.1 Å². The largest absolute Gasteiger partial charge is 0.493 e. The number of carbonyl (C=O) groups is 3. The van der Waals surface area contributed by atoms with Crippen LogP contribution in [-0.4, -0.2) is 69.2 Å². The summed E-state index contributed by atoms with van der Waals surface area (Å²) in [5.41, 5.74) is 2.97. The Balaban J connectivity index is 1.35. The number of carboxylic acids is 1. The van der Waals surface area contributed by atoms with E-state index in [-0.39, 0.29) is 11.6 Å². The molecular weight excluding hydrogens is 490 g/mol. The highest BCUT2D eigenvalue weighted by atomic mass is 16.5. The molecule has 5 rings (SSSR count). The average molecular weight is 516 g/mol. The van der Waals surface area contributed by atoms with Crippen LogP contribution in [0, 0.1) is 0 Å². The Kier molecular flexibility index (Phi) is 6.65. The molecular formula is C27H25N5O6. The number of carboxylic acid groups (broad SMARTS) is 1. The molecule has 11 nitrogen and oxygen atoms in total. The number of aliphatic carboxylic acids is 1. The maximum Gasteiger partial charge on any atom is 0.326 e. The van der Waals surface area contributed by atoms with Gasteiger partial charge in [0.05, 0.1) is 19.9 Å². The average Bonchev–Trinajstić information content (AvgIpc) is 3.60. The monoisotopic (exact) mass is 515 g/mol. The lowest BCUT2D eigenvalue weighted by atomic mass is 10.1. The molecule has 2 aromatic carbocycles. The zero-order valence-electron chi connectivity index (χ0n) is 20.7. The van der Waals surface area contributed by atoms with Gasteiger partial charge in [0.2, 0.25) is 0 Å². The van der Waals surface area contributed by atoms with Crippen LogP contribution >= 0.6 is 0 Å². The van der Waals surface area contributed by atoms with E-state index >= 15 is 0 Å². The first-order valence-electron chi connectivity index (χ1n) is 11.9. The van der Waals surface area contributed by atoms with Crippen LogP contribution < -0.4 is 14.8 Å². The van der Waals surface area contributed by atoms with Gasteiger partial charge < -0.3 is 24.8 Å². The lowest BCUT2D eigenvalue weighted by Crippen LogP contribution is -2.40. The van der Waals surface area contributed by atoms with Crippen molar-refractivity contribution in [3.05, 3.63) is 72.1 Å². The summed E-state index contributed by atoms with van der Waals surface area (Å²) in [6.45, 7) is 0.404. The summed E-state index contributed by atoms with van der Waals surface area (Å²) >= 11 is 0. The SMILES string of the molecule is COc1ccc(-c2ccnc3cc(C(=O)Nc4ccc(C(=O)N5CCCC5C(=O)O)cc4)nn23)cc1OC. The molecule has 1 aliphatic heterocycles. The van der Waals surface area contributed by atoms with Gasteiger partial charge in [0.1, 0.15) is 6.04 Å². The molecule has 2 N–H and O–H groups in total. The predicted octanol–water partition coefficient (Wildman–Crippen LogP) is 3.36. The van der Waals surface area contributed by atoms with Crippen molar-refractivity contribution in [2.45, 2.75) is 18.9 Å². The van der Waals surface area contributed by atoms with Gasteiger partial charge in [-0.25, -0.2) is 14.3 Å². The van der Waals surface area contributed by atoms with Crippen molar-refractivity contribution in [1.82, 2.24) is 19.5 Å². The van der Waals surface area contributed by atoms with Crippen molar-refractivity contribution in [2.75, 3.05) is 26.1 Å². The Morgan fingerprint density at radius 1 is 1.00 bits per heavy atom. The molecule has 1 saturated heterocycles. The summed E-state index contributed by atoms with van der Waals surface area (Å²) in [5.74, 6) is -0.640. The molecule has 0 spiro atoms. The Hall–Kier alpha value is -4.93. The second-order valence-electron chi connectivity index (χ2n) is 8.73. The fourth-order valence-electron chi connectivity index (χ4n) is 4.54. The molecule has 0 radical (unpaired) electrons. The van der Waals surface area contributed by atoms with Crippen molar-refractivity contribution in [3.8, 4) is 22.8 Å². The van der Waals surface area contributed by atoms with E-state index in [9.17, 15) is 19.5 Å². The van der Waals surface area contributed by atoms with Gasteiger partial charge in [0.15, 0.2) is 22.8 Å². The maximum absolute atomic E-state index is 13.0. The Morgan fingerprint density at radius 3 is 2.47 bits per heavy atom. The topological polar surface area (TPSA) is 135 Å². The molecule has 1 unspecified atom stereocenters. The summed E-state index contributed by atoms with van der Waals surface area (Å²) in [4.78, 5) is 42.9. The Bertz CT molecular complexity index is 1530. The molecule has 4 aromatic rings. The summed E-state index contributed by atoms with van der Waals surface area (Å²) < 4.78 is 12.3. The number of hydrogen-bond donors (Lipinski definition) is 2. The molecule has 11 heteroatoms. The lowest BCUT2D eigenvalue weighted by molar-refractivity contribution is -0.141. The van der Waals surface area contributed by atoms with Crippen LogP contribution in [-0.2, 0) is 4.79 Å². The summed E-state index contributed by atoms with van der Waals surface area (Å²) in [6.07, 6.45) is 2.73. The molecule has 38 heavy (non-hydrogen) atoms. The number of fused-ring (bicyclic) bond motifs is 1. The third kappa shape index (κ3) is 4.61. The van der Waals surface area contributed by atoms with E-state index in [4.69, 9.17) is 9.47 Å². The third-order valence-electron chi connectivity index (χ3n) is 6.46. The summed E-state index contributed by atoms with van der Waals surface area (Å²) in [7, 11) is 3.12. The number of anilines is 1. The second kappa shape index (κ2) is 10.2. The van der Waals surface area contributed by atoms with Crippen LogP contribution in [0.5, 0.6) is 11.5 Å². The van der Waals surface area contributed by atoms with E-state index in [0.29, 0.717) is 53.5 Å². The highest BCUT2D eigenvalue weighted by molar-refractivity contribution is 6.04. The van der Waals surface area contributed by atoms with E-state index < -0.39 is 17.9 Å². The van der Waals surface area contributed by atoms with Crippen molar-refractivity contribution in [2.24, 2.45) is 0 Å². The number of likely N-dealkylation sites (tertiary alicyclic amines) is 1. The second-order valence-corrected chi connectivity index (χ2v) is 8.73. The molecule has 2 amide bonds. The van der Waals surface area contributed by atoms with Crippen LogP contribution in [0.2, 0.25) is 0 Å². The van der Waals surface area contributed by atoms with Crippen LogP contribution in [0.15, 0.2) is 60.8 Å². The number of carbonyl (C=O) groups excluding carboxylic acids is 2. The number of methoxy groups -OCH3 is 2. The summed E-state index contributed by atoms with van der Waals surface area (Å²) in [6, 6.07) is 14.3. The molecule has 0 saturated carbocycles. The van der Waals surface area contributed by atoms with E-state index in [2.05, 4.69) is 15.4 Å². The van der Waals surface area contributed by atoms with Gasteiger partial charge in [0.25, 0.3) is 11.8 Å². The van der Waals surface area contributed by atoms with Gasteiger partial charge in [-0.15, -0.1) is 0 Å². The lowest BCUT2D eigenvalue weighted by Gasteiger charge is -2.21. The Labute approximate surface area is 217 Å². The van der Waals surface area contributed by atoms with Gasteiger partial charge in [-0.1, -0.05) is 0 Å². The van der Waals surface area contributed by atoms with Gasteiger partial charge in [0, 0.05) is 35.6 Å². The zero-order chi connectivity index (χ0) is 26.8. The minimum atomic E-state index is -1.00. The maximum atomic E-state index is 13.0. The fraction of sp³-hybridized carbons (Fsp3) is 0.222. The minimum Gasteiger partial charge on any atom is -0.493 e. The van der Waals surface area contributed by atoms with Gasteiger partial charge in [-0.05, 0) is 61.4 Å². The number of rotatable bonds is 7. The number of benzene rings is 2. The highest BCUT2D eigenvalue weighted by Gasteiger charge is 2.34. The van der Waals surface area contributed by atoms with Gasteiger partial charge >= 0.3 is 5.97 Å². The van der Waals surface area contributed by atoms with Crippen LogP contribution in [0.3, 0.4) is 0 Å². The minimum absolute atomic E-state index is 0.159. The molecule has 0 aliphatic carbocycles. The number of ether oxygens (including phenoxy) is 2. The van der Waals surface area contributed by atoms with Crippen LogP contribution in [0.25, 0.3) is 16.9 Å². The van der Waals surface area contributed by atoms with Crippen LogP contribution in [0.1, 0.15) is 33.7 Å². The number of hydrogen-bond acceptors (Lipinski definition) is 7. The first-order chi connectivity index (χ1) is 18.4. The molecule has 2 aromatic heterocycles. The van der Waals surface area contributed by atoms with Crippen molar-refractivity contribution in [1.29, 1.82) is 0 Å². The number of nitrogens with one attached hydrogen (secondary N) is 1. The number of amides is 2. The van der Waals surface area contributed by atoms with Gasteiger partial charge in [-0.2, -0.15) is 5.10 Å². The van der Waals surface area contributed by atoms with Gasteiger partial charge in [-0.3, -0.25) is 9.59 Å². The first kappa shape index (κ1) is 24.8. The quantitative estimate of drug-likeness (QED) is 0.383. The fourth-order valence-corrected chi connectivity index (χ4v) is 4.54. The van der Waals surface area contributed by atoms with Crippen molar-refractivity contribution < 1.29 is 29.0 Å². The molecule has 0 bridgehead atoms. The first-order valence-corrected chi connectivity index (χ1v) is 11.9. The molecule has 3 heterocycles. The van der Waals surface area contributed by atoms with E-state index in [0.717, 1.165) is 5.56 Å². The van der Waals surface area contributed by atoms with Crippen molar-refractivity contribution >= 4 is 29.1 Å². The highest BCUT2D eigenvalue weighted by Crippen LogP contribution is 2.32. The standard InChI is InChI=1S/C27H25N5O6/c1-37-22-10-7-17(14-23(22)38-2)20-11-12-28-24-15-19(30-32(20)24)25(33)29-18-8-5-16(6-9-18)26(34)31-13-3-4-21(31)27(35)36/h5-12,14-15,21H,3-4,13H2,1-2H3,(H,29,33)(H,35,36). The third-order valence-corrected chi connectivity index (χ3v) is 6.46. The zero-order valence-corrected chi connectivity index (χ0v) is 20.7. The van der Waals surface area contributed by atoms with E-state index in [1.54, 1.807) is 67.4 Å². The normalized spacial score (nSPS) is 14.9. The van der Waals surface area contributed by atoms with Crippen LogP contribution in [0.4, 0.5) is 5.69 Å². The predicted molar refractivity (Wildman–Crippen MR) is 138 cm³/mol. The molecule has 1 fully saturated rings. The number of aromatic nitrogens is 3.